The van der Waals surface area contributed by atoms with E-state index in [9.17, 15) is 4.79 Å². The Balaban J connectivity index is 1.63. The molecule has 1 saturated carbocycles. The number of hydrogen-bond acceptors (Lipinski definition) is 2. The van der Waals surface area contributed by atoms with E-state index in [0.29, 0.717) is 6.61 Å². The van der Waals surface area contributed by atoms with Gasteiger partial charge in [-0.15, -0.1) is 11.6 Å². The van der Waals surface area contributed by atoms with Crippen LogP contribution < -0.4 is 10.1 Å². The molecular weight excluding hydrogens is 262 g/mol. The smallest absolute Gasteiger partial charge is 0.231 e. The zero-order valence-electron chi connectivity index (χ0n) is 10.8. The lowest BCUT2D eigenvalue weighted by molar-refractivity contribution is -0.123. The average molecular weight is 280 g/mol. The van der Waals surface area contributed by atoms with Crippen molar-refractivity contribution >= 4 is 17.5 Å². The summed E-state index contributed by atoms with van der Waals surface area (Å²) in [6.45, 7) is 0.454. The second-order valence-electron chi connectivity index (χ2n) is 5.36. The van der Waals surface area contributed by atoms with E-state index in [1.165, 1.54) is 0 Å². The van der Waals surface area contributed by atoms with Crippen LogP contribution in [0.5, 0.6) is 5.75 Å². The van der Waals surface area contributed by atoms with Crippen molar-refractivity contribution in [3.8, 4) is 5.75 Å². The molecule has 0 bridgehead atoms. The highest BCUT2D eigenvalue weighted by Crippen LogP contribution is 2.34. The highest BCUT2D eigenvalue weighted by Gasteiger charge is 2.31. The van der Waals surface area contributed by atoms with E-state index >= 15 is 0 Å². The van der Waals surface area contributed by atoms with Gasteiger partial charge in [-0.3, -0.25) is 4.79 Å². The van der Waals surface area contributed by atoms with Crippen molar-refractivity contribution in [2.45, 2.75) is 43.0 Å². The fraction of sp³-hybridized carbons (Fsp3) is 0.533. The molecule has 0 saturated heterocycles. The Kier molecular flexibility index (Phi) is 3.65. The molecule has 1 amide bonds. The summed E-state index contributed by atoms with van der Waals surface area (Å²) >= 11 is 6.08. The number of carbonyl (C=O) groups excluding carboxylic acids is 1. The van der Waals surface area contributed by atoms with Gasteiger partial charge in [0.1, 0.15) is 18.3 Å². The number of ether oxygens (including phenoxy) is 1. The Labute approximate surface area is 118 Å². The molecule has 1 aliphatic carbocycles. The van der Waals surface area contributed by atoms with Crippen molar-refractivity contribution in [1.29, 1.82) is 0 Å². The first-order chi connectivity index (χ1) is 9.24. The van der Waals surface area contributed by atoms with Crippen LogP contribution in [-0.2, 0) is 4.79 Å². The third kappa shape index (κ3) is 2.71. The Morgan fingerprint density at radius 3 is 2.74 bits per heavy atom. The summed E-state index contributed by atoms with van der Waals surface area (Å²) in [6, 6.07) is 8.05. The number of halogens is 1. The maximum absolute atomic E-state index is 12.3. The van der Waals surface area contributed by atoms with Gasteiger partial charge in [0.25, 0.3) is 0 Å². The number of nitrogens with one attached hydrogen (secondary N) is 1. The number of amides is 1. The van der Waals surface area contributed by atoms with E-state index in [2.05, 4.69) is 5.32 Å². The molecule has 1 N–H and O–H groups in total. The lowest BCUT2D eigenvalue weighted by atomic mass is 9.93. The number of alkyl halides is 1. The van der Waals surface area contributed by atoms with E-state index in [0.717, 1.165) is 37.0 Å². The predicted octanol–water partition coefficient (Wildman–Crippen LogP) is 2.83. The van der Waals surface area contributed by atoms with E-state index in [1.54, 1.807) is 0 Å². The zero-order chi connectivity index (χ0) is 13.2. The molecule has 4 heteroatoms. The minimum atomic E-state index is -0.162. The summed E-state index contributed by atoms with van der Waals surface area (Å²) in [5.41, 5.74) is 1.01. The fourth-order valence-electron chi connectivity index (χ4n) is 2.88. The summed E-state index contributed by atoms with van der Waals surface area (Å²) in [5.74, 6) is 0.764. The van der Waals surface area contributed by atoms with Gasteiger partial charge < -0.3 is 10.1 Å². The second-order valence-corrected chi connectivity index (χ2v) is 5.98. The van der Waals surface area contributed by atoms with Crippen LogP contribution in [0.1, 0.15) is 37.2 Å². The third-order valence-electron chi connectivity index (χ3n) is 4.02. The van der Waals surface area contributed by atoms with Crippen molar-refractivity contribution in [1.82, 2.24) is 5.32 Å². The number of fused-ring (bicyclic) bond motifs is 1. The van der Waals surface area contributed by atoms with E-state index in [1.807, 2.05) is 24.3 Å². The maximum Gasteiger partial charge on any atom is 0.231 e. The summed E-state index contributed by atoms with van der Waals surface area (Å²) in [6.07, 6.45) is 3.94. The van der Waals surface area contributed by atoms with Crippen LogP contribution in [0.2, 0.25) is 0 Å². The standard InChI is InChI=1S/C15H18ClNO2/c16-10-5-7-11(8-6-10)17-15(18)13-9-19-14-4-2-1-3-12(13)14/h1-4,10-11,13H,5-9H2,(H,17,18). The second kappa shape index (κ2) is 5.41. The van der Waals surface area contributed by atoms with Gasteiger partial charge in [0.15, 0.2) is 0 Å². The van der Waals surface area contributed by atoms with Crippen molar-refractivity contribution in [3.05, 3.63) is 29.8 Å². The summed E-state index contributed by atoms with van der Waals surface area (Å²) < 4.78 is 5.56. The lowest BCUT2D eigenvalue weighted by Gasteiger charge is -2.26. The van der Waals surface area contributed by atoms with E-state index < -0.39 is 0 Å². The molecular formula is C15H18ClNO2. The number of carbonyl (C=O) groups is 1. The quantitative estimate of drug-likeness (QED) is 0.846. The largest absolute Gasteiger partial charge is 0.492 e. The molecule has 1 aromatic carbocycles. The van der Waals surface area contributed by atoms with Crippen LogP contribution in [0.3, 0.4) is 0 Å². The van der Waals surface area contributed by atoms with Gasteiger partial charge in [0.05, 0.1) is 0 Å². The van der Waals surface area contributed by atoms with Gasteiger partial charge in [-0.05, 0) is 31.7 Å². The molecule has 1 fully saturated rings. The Hall–Kier alpha value is -1.22. The third-order valence-corrected chi connectivity index (χ3v) is 4.46. The molecule has 0 aromatic heterocycles. The molecule has 0 spiro atoms. The monoisotopic (exact) mass is 279 g/mol. The summed E-state index contributed by atoms with van der Waals surface area (Å²) in [4.78, 5) is 12.3. The number of rotatable bonds is 2. The van der Waals surface area contributed by atoms with Crippen LogP contribution in [0, 0.1) is 0 Å². The van der Waals surface area contributed by atoms with Crippen molar-refractivity contribution in [3.63, 3.8) is 0 Å². The first-order valence-corrected chi connectivity index (χ1v) is 7.34. The van der Waals surface area contributed by atoms with E-state index in [-0.39, 0.29) is 23.2 Å². The molecule has 1 atom stereocenters. The predicted molar refractivity (Wildman–Crippen MR) is 74.7 cm³/mol. The van der Waals surface area contributed by atoms with Crippen LogP contribution in [-0.4, -0.2) is 23.9 Å². The average Bonchev–Trinajstić information content (AvgIpc) is 2.85. The summed E-state index contributed by atoms with van der Waals surface area (Å²) in [7, 11) is 0. The van der Waals surface area contributed by atoms with E-state index in [4.69, 9.17) is 16.3 Å². The minimum Gasteiger partial charge on any atom is -0.492 e. The normalized spacial score (nSPS) is 29.4. The minimum absolute atomic E-state index is 0.0861. The number of hydrogen-bond donors (Lipinski definition) is 1. The Morgan fingerprint density at radius 1 is 1.21 bits per heavy atom. The molecule has 3 nitrogen and oxygen atoms in total. The molecule has 1 unspecified atom stereocenters. The molecule has 102 valence electrons. The highest BCUT2D eigenvalue weighted by atomic mass is 35.5. The van der Waals surface area contributed by atoms with Gasteiger partial charge in [0.2, 0.25) is 5.91 Å². The van der Waals surface area contributed by atoms with Crippen LogP contribution in [0.4, 0.5) is 0 Å². The molecule has 2 aliphatic rings. The lowest BCUT2D eigenvalue weighted by Crippen LogP contribution is -2.40. The Bertz CT molecular complexity index is 469. The van der Waals surface area contributed by atoms with Crippen LogP contribution in [0.25, 0.3) is 0 Å². The van der Waals surface area contributed by atoms with Crippen molar-refractivity contribution in [2.24, 2.45) is 0 Å². The zero-order valence-corrected chi connectivity index (χ0v) is 11.5. The topological polar surface area (TPSA) is 38.3 Å². The number of benzene rings is 1. The molecule has 3 rings (SSSR count). The Morgan fingerprint density at radius 2 is 1.95 bits per heavy atom. The van der Waals surface area contributed by atoms with Gasteiger partial charge in [0, 0.05) is 17.0 Å². The molecule has 19 heavy (non-hydrogen) atoms. The SMILES string of the molecule is O=C(NC1CCC(Cl)CC1)C1COc2ccccc21. The van der Waals surface area contributed by atoms with Crippen LogP contribution >= 0.6 is 11.6 Å². The molecule has 1 aliphatic heterocycles. The summed E-state index contributed by atoms with van der Waals surface area (Å²) in [5, 5.41) is 3.43. The van der Waals surface area contributed by atoms with Gasteiger partial charge in [-0.2, -0.15) is 0 Å². The number of para-hydroxylation sites is 1. The molecule has 0 radical (unpaired) electrons. The maximum atomic E-state index is 12.3. The molecule has 1 aromatic rings. The first kappa shape index (κ1) is 12.8. The highest BCUT2D eigenvalue weighted by molar-refractivity contribution is 6.20. The fourth-order valence-corrected chi connectivity index (χ4v) is 3.13. The van der Waals surface area contributed by atoms with Crippen molar-refractivity contribution in [2.75, 3.05) is 6.61 Å². The van der Waals surface area contributed by atoms with Gasteiger partial charge in [-0.1, -0.05) is 18.2 Å². The van der Waals surface area contributed by atoms with Gasteiger partial charge in [-0.25, -0.2) is 0 Å². The van der Waals surface area contributed by atoms with Gasteiger partial charge >= 0.3 is 0 Å². The van der Waals surface area contributed by atoms with Crippen LogP contribution in [0.15, 0.2) is 24.3 Å². The van der Waals surface area contributed by atoms with Crippen molar-refractivity contribution < 1.29 is 9.53 Å². The first-order valence-electron chi connectivity index (χ1n) is 6.90. The molecule has 1 heterocycles.